The SMILES string of the molecule is C[Si](C)(C)c1cccnc1-c1[c-]cc2c(c1)-c1ccccc1[Si]2(c1ccccc1)c1ccccc1.C[Si](C)(C)c1ccnc(-c2[c-]cc3c(c2)-c2ccccc2S3(=O)=O)c1.C[Si](C)(C)c1ccnc(-c2[c-]cc3c(c2)-c2ccccc2[Si]3(C)C)c1.[Ir].[Ir].[Ir]. The minimum Gasteiger partial charge on any atom is -0.305 e. The Labute approximate surface area is 567 Å². The molecular weight excluding hydrogens is 1710 g/mol. The molecule has 0 N–H and O–H groups in total. The summed E-state index contributed by atoms with van der Waals surface area (Å²) in [6.45, 7) is 26.1. The minimum atomic E-state index is -3.44. The second-order valence-electron chi connectivity index (χ2n) is 26.2. The summed E-state index contributed by atoms with van der Waals surface area (Å²) in [5.74, 6) is 0. The summed E-state index contributed by atoms with van der Waals surface area (Å²) in [5.41, 5.74) is 13.0. The maximum absolute atomic E-state index is 12.7. The van der Waals surface area contributed by atoms with Crippen LogP contribution in [0.4, 0.5) is 0 Å². The molecule has 3 aliphatic heterocycles. The molecular formula is C74H70Ir3N3O2SSi5-3. The Morgan fingerprint density at radius 1 is 0.375 bits per heavy atom. The first-order chi connectivity index (χ1) is 40.6. The molecule has 0 amide bonds. The van der Waals surface area contributed by atoms with Crippen molar-refractivity contribution in [2.45, 2.75) is 81.8 Å². The molecule has 6 heterocycles. The quantitative estimate of drug-likeness (QED) is 0.112. The van der Waals surface area contributed by atoms with Crippen molar-refractivity contribution in [3.63, 3.8) is 0 Å². The molecule has 0 fully saturated rings. The third-order valence-corrected chi connectivity index (χ3v) is 33.6. The van der Waals surface area contributed by atoms with Crippen molar-refractivity contribution >= 4 is 96.9 Å². The van der Waals surface area contributed by atoms with E-state index >= 15 is 0 Å². The first-order valence-electron chi connectivity index (χ1n) is 29.3. The predicted octanol–water partition coefficient (Wildman–Crippen LogP) is 12.2. The van der Waals surface area contributed by atoms with Gasteiger partial charge in [0.25, 0.3) is 0 Å². The van der Waals surface area contributed by atoms with Crippen LogP contribution >= 0.6 is 0 Å². The van der Waals surface area contributed by atoms with Crippen LogP contribution in [0, 0.1) is 18.2 Å². The fraction of sp³-hybridized carbons (Fsp3) is 0.149. The largest absolute Gasteiger partial charge is 0.305 e. The van der Waals surface area contributed by atoms with Gasteiger partial charge in [0.15, 0.2) is 9.84 Å². The van der Waals surface area contributed by atoms with Gasteiger partial charge in [0.1, 0.15) is 8.07 Å². The van der Waals surface area contributed by atoms with E-state index in [0.717, 1.165) is 44.9 Å². The molecule has 0 aliphatic carbocycles. The smallest absolute Gasteiger partial charge is 0.173 e. The molecule has 11 aromatic rings. The molecule has 5 nitrogen and oxygen atoms in total. The Morgan fingerprint density at radius 2 is 0.830 bits per heavy atom. The summed E-state index contributed by atoms with van der Waals surface area (Å²) in [6.07, 6.45) is 5.70. The molecule has 3 aromatic heterocycles. The number of fused-ring (bicyclic) bond motifs is 9. The molecule has 0 saturated carbocycles. The molecule has 0 spiro atoms. The van der Waals surface area contributed by atoms with E-state index in [1.54, 1.807) is 23.4 Å². The maximum atomic E-state index is 12.7. The number of nitrogens with zero attached hydrogens (tertiary/aromatic N) is 3. The van der Waals surface area contributed by atoms with Gasteiger partial charge in [0, 0.05) is 78.9 Å². The standard InChI is InChI=1S/C32H28NSi2.C22H24NSi2.C20H18NO2SSi.3Ir/c1-34(2,3)31-19-12-22-33-32(31)24-20-21-30-28(23-24)27-17-10-11-18-29(27)35(30,25-13-6-4-7-14-25)26-15-8-5-9-16-26;1-24(2,3)17-12-13-23-20(15-17)16-10-11-22-19(14-16)18-8-6-7-9-21(18)25(22,4)5;1-25(2,3)15-10-11-21-18(13-15)14-8-9-20-17(12-14)16-6-4-5-7-19(16)24(20,22)23;;;/h4-19,21-23H,1-3H3;6-9,11-15H,1-5H3;4-7,9-13H,1-3H3;;;/q3*-1;;;. The van der Waals surface area contributed by atoms with Gasteiger partial charge in [-0.3, -0.25) is 0 Å². The Balaban J connectivity index is 0.000000158. The average Bonchev–Trinajstić information content (AvgIpc) is 1.54. The van der Waals surface area contributed by atoms with Crippen molar-refractivity contribution in [3.8, 4) is 67.2 Å². The number of benzene rings is 8. The summed E-state index contributed by atoms with van der Waals surface area (Å²) in [7, 11) is -11.8. The molecule has 0 unspecified atom stereocenters. The van der Waals surface area contributed by atoms with Crippen LogP contribution in [-0.2, 0) is 70.2 Å². The van der Waals surface area contributed by atoms with E-state index in [1.807, 2.05) is 36.8 Å². The molecule has 3 radical (unpaired) electrons. The molecule has 3 aliphatic rings. The Hall–Kier alpha value is -5.81. The van der Waals surface area contributed by atoms with Crippen LogP contribution in [0.1, 0.15) is 0 Å². The van der Waals surface area contributed by atoms with Gasteiger partial charge >= 0.3 is 0 Å². The van der Waals surface area contributed by atoms with E-state index in [9.17, 15) is 8.42 Å². The topological polar surface area (TPSA) is 72.8 Å². The average molecular weight is 1780 g/mol. The van der Waals surface area contributed by atoms with Crippen LogP contribution in [-0.4, -0.2) is 63.7 Å². The zero-order valence-electron chi connectivity index (χ0n) is 51.4. The van der Waals surface area contributed by atoms with Crippen molar-refractivity contribution in [1.82, 2.24) is 15.0 Å². The molecule has 0 saturated heterocycles. The van der Waals surface area contributed by atoms with E-state index in [0.29, 0.717) is 9.79 Å². The van der Waals surface area contributed by atoms with Gasteiger partial charge in [-0.25, -0.2) is 8.42 Å². The van der Waals surface area contributed by atoms with Crippen molar-refractivity contribution in [3.05, 3.63) is 243 Å². The summed E-state index contributed by atoms with van der Waals surface area (Å²) in [5, 5.41) is 12.9. The third-order valence-electron chi connectivity index (χ3n) is 17.2. The van der Waals surface area contributed by atoms with E-state index < -0.39 is 50.2 Å². The summed E-state index contributed by atoms with van der Waals surface area (Å²) in [4.78, 5) is 14.7. The molecule has 0 atom stereocenters. The predicted molar refractivity (Wildman–Crippen MR) is 370 cm³/mol. The fourth-order valence-corrected chi connectivity index (χ4v) is 26.3. The van der Waals surface area contributed by atoms with Crippen LogP contribution < -0.4 is 46.7 Å². The van der Waals surface area contributed by atoms with Gasteiger partial charge in [-0.15, -0.1) is 81.7 Å². The zero-order chi connectivity index (χ0) is 59.7. The second kappa shape index (κ2) is 25.8. The summed E-state index contributed by atoms with van der Waals surface area (Å²) < 4.78 is 25.4. The molecule has 8 aromatic carbocycles. The number of sulfone groups is 1. The number of aromatic nitrogens is 3. The molecule has 0 bridgehead atoms. The van der Waals surface area contributed by atoms with E-state index in [-0.39, 0.29) is 60.3 Å². The number of rotatable bonds is 8. The number of pyridine rings is 3. The van der Waals surface area contributed by atoms with Gasteiger partial charge in [0.2, 0.25) is 0 Å². The second-order valence-corrected chi connectivity index (χ2v) is 51.3. The van der Waals surface area contributed by atoms with Gasteiger partial charge in [-0.1, -0.05) is 265 Å². The first-order valence-corrected chi connectivity index (χ1v) is 46.3. The number of hydrogen-bond acceptors (Lipinski definition) is 5. The molecule has 88 heavy (non-hydrogen) atoms. The van der Waals surface area contributed by atoms with Gasteiger partial charge < -0.3 is 15.0 Å². The third kappa shape index (κ3) is 12.2. The van der Waals surface area contributed by atoms with E-state index in [4.69, 9.17) is 4.98 Å². The van der Waals surface area contributed by atoms with Gasteiger partial charge in [-0.2, -0.15) is 0 Å². The Bertz CT molecular complexity index is 4470. The summed E-state index contributed by atoms with van der Waals surface area (Å²) >= 11 is 0. The molecule has 449 valence electrons. The van der Waals surface area contributed by atoms with Gasteiger partial charge in [-0.05, 0) is 68.1 Å². The van der Waals surface area contributed by atoms with Crippen LogP contribution in [0.5, 0.6) is 0 Å². The van der Waals surface area contributed by atoms with E-state index in [1.165, 1.54) is 63.7 Å². The fourth-order valence-electron chi connectivity index (χ4n) is 12.7. The zero-order valence-corrected chi connectivity index (χ0v) is 64.4. The Kier molecular flexibility index (Phi) is 19.5. The van der Waals surface area contributed by atoms with Crippen LogP contribution in [0.2, 0.25) is 72.0 Å². The van der Waals surface area contributed by atoms with Crippen LogP contribution in [0.15, 0.2) is 235 Å². The normalized spacial score (nSPS) is 13.9. The van der Waals surface area contributed by atoms with Gasteiger partial charge in [0.05, 0.1) is 37.2 Å². The minimum absolute atomic E-state index is 0. The first kappa shape index (κ1) is 66.6. The van der Waals surface area contributed by atoms with Crippen molar-refractivity contribution in [2.24, 2.45) is 0 Å². The molecule has 14 rings (SSSR count). The van der Waals surface area contributed by atoms with Crippen LogP contribution in [0.25, 0.3) is 67.2 Å². The number of hydrogen-bond donors (Lipinski definition) is 0. The molecule has 14 heteroatoms. The van der Waals surface area contributed by atoms with E-state index in [2.05, 4.69) is 270 Å². The van der Waals surface area contributed by atoms with Crippen molar-refractivity contribution < 1.29 is 68.7 Å². The van der Waals surface area contributed by atoms with Crippen molar-refractivity contribution in [1.29, 1.82) is 0 Å². The van der Waals surface area contributed by atoms with Crippen LogP contribution in [0.3, 0.4) is 0 Å². The monoisotopic (exact) mass is 1780 g/mol. The Morgan fingerprint density at radius 3 is 1.40 bits per heavy atom. The maximum Gasteiger partial charge on any atom is 0.173 e. The summed E-state index contributed by atoms with van der Waals surface area (Å²) in [6, 6.07) is 83.3. The van der Waals surface area contributed by atoms with Crippen molar-refractivity contribution in [2.75, 3.05) is 0 Å².